The van der Waals surface area contributed by atoms with Gasteiger partial charge in [-0.1, -0.05) is 34.7 Å². The number of para-hydroxylation sites is 1. The van der Waals surface area contributed by atoms with Crippen molar-refractivity contribution < 1.29 is 32.3 Å². The Morgan fingerprint density at radius 1 is 1.05 bits per heavy atom. The first-order valence-corrected chi connectivity index (χ1v) is 15.2. The SMILES string of the molecule is CC(C)(O)c1ccc2nc(N3[C@@H]4CC[C@H]3CC(OCc3c(-c5ccccc5OC(F)(F)F)noc3C3CC3)C4)sc2c1. The Morgan fingerprint density at radius 2 is 1.79 bits per heavy atom. The molecule has 42 heavy (non-hydrogen) atoms. The van der Waals surface area contributed by atoms with E-state index in [4.69, 9.17) is 14.2 Å². The predicted octanol–water partition coefficient (Wildman–Crippen LogP) is 7.67. The third kappa shape index (κ3) is 5.38. The van der Waals surface area contributed by atoms with Crippen LogP contribution in [0.1, 0.15) is 75.2 Å². The number of aliphatic hydroxyl groups is 1. The van der Waals surface area contributed by atoms with Crippen LogP contribution in [0.5, 0.6) is 5.75 Å². The molecule has 0 radical (unpaired) electrons. The van der Waals surface area contributed by atoms with E-state index < -0.39 is 12.0 Å². The van der Waals surface area contributed by atoms with Crippen LogP contribution < -0.4 is 9.64 Å². The lowest BCUT2D eigenvalue weighted by atomic mass is 9.98. The fraction of sp³-hybridized carbons (Fsp3) is 0.484. The molecular weight excluding hydrogens is 567 g/mol. The van der Waals surface area contributed by atoms with E-state index >= 15 is 0 Å². The van der Waals surface area contributed by atoms with Crippen molar-refractivity contribution in [2.75, 3.05) is 4.90 Å². The number of alkyl halides is 3. The van der Waals surface area contributed by atoms with E-state index in [0.717, 1.165) is 59.4 Å². The van der Waals surface area contributed by atoms with Crippen molar-refractivity contribution in [1.82, 2.24) is 10.1 Å². The lowest BCUT2D eigenvalue weighted by molar-refractivity contribution is -0.274. The van der Waals surface area contributed by atoms with Gasteiger partial charge in [0, 0.05) is 29.1 Å². The number of rotatable bonds is 8. The van der Waals surface area contributed by atoms with Gasteiger partial charge in [-0.25, -0.2) is 4.98 Å². The van der Waals surface area contributed by atoms with E-state index in [1.54, 1.807) is 37.3 Å². The molecular formula is C31H32F3N3O4S. The summed E-state index contributed by atoms with van der Waals surface area (Å²) >= 11 is 1.66. The lowest BCUT2D eigenvalue weighted by Crippen LogP contribution is -2.45. The first-order chi connectivity index (χ1) is 20.0. The minimum atomic E-state index is -4.82. The van der Waals surface area contributed by atoms with Crippen molar-refractivity contribution >= 4 is 26.7 Å². The number of anilines is 1. The van der Waals surface area contributed by atoms with Crippen LogP contribution in [0.4, 0.5) is 18.3 Å². The van der Waals surface area contributed by atoms with Gasteiger partial charge < -0.3 is 24.0 Å². The minimum Gasteiger partial charge on any atom is -0.405 e. The van der Waals surface area contributed by atoms with Gasteiger partial charge in [0.2, 0.25) is 0 Å². The summed E-state index contributed by atoms with van der Waals surface area (Å²) in [6.45, 7) is 3.79. The van der Waals surface area contributed by atoms with Crippen LogP contribution in [0.25, 0.3) is 21.5 Å². The van der Waals surface area contributed by atoms with Crippen LogP contribution in [0.3, 0.4) is 0 Å². The van der Waals surface area contributed by atoms with E-state index in [0.29, 0.717) is 29.1 Å². The molecule has 3 fully saturated rings. The van der Waals surface area contributed by atoms with Gasteiger partial charge in [-0.3, -0.25) is 0 Å². The Balaban J connectivity index is 1.09. The standard InChI is InChI=1S/C31H32F3N3O4S/c1-30(2,38)18-9-12-24-26(13-18)42-29(35-24)37-19-10-11-20(37)15-21(14-19)39-16-23-27(36-41-28(23)17-7-8-17)22-5-3-4-6-25(22)40-31(32,33)34/h3-6,9,12-13,17,19-21,38H,7-8,10-11,14-16H2,1-2H3/t19-,20+,21?. The topological polar surface area (TPSA) is 80.9 Å². The molecule has 222 valence electrons. The fourth-order valence-electron chi connectivity index (χ4n) is 6.40. The molecule has 7 rings (SSSR count). The first kappa shape index (κ1) is 27.7. The van der Waals surface area contributed by atoms with Gasteiger partial charge in [0.1, 0.15) is 17.2 Å². The summed E-state index contributed by atoms with van der Waals surface area (Å²) in [6.07, 6.45) is 0.917. The van der Waals surface area contributed by atoms with Crippen LogP contribution in [-0.4, -0.2) is 39.8 Å². The summed E-state index contributed by atoms with van der Waals surface area (Å²) in [5.41, 5.74) is 2.18. The third-order valence-electron chi connectivity index (χ3n) is 8.59. The Kier molecular flexibility index (Phi) is 6.75. The second-order valence-electron chi connectivity index (χ2n) is 12.1. The van der Waals surface area contributed by atoms with Crippen molar-refractivity contribution in [3.63, 3.8) is 0 Å². The predicted molar refractivity (Wildman–Crippen MR) is 153 cm³/mol. The van der Waals surface area contributed by atoms with Crippen LogP contribution in [0, 0.1) is 0 Å². The van der Waals surface area contributed by atoms with Gasteiger partial charge in [0.05, 0.1) is 28.5 Å². The summed E-state index contributed by atoms with van der Waals surface area (Å²) in [5, 5.41) is 15.6. The summed E-state index contributed by atoms with van der Waals surface area (Å²) < 4.78 is 56.9. The quantitative estimate of drug-likeness (QED) is 0.223. The molecule has 1 unspecified atom stereocenters. The highest BCUT2D eigenvalue weighted by Crippen LogP contribution is 2.47. The minimum absolute atomic E-state index is 0.00592. The van der Waals surface area contributed by atoms with Gasteiger partial charge in [-0.15, -0.1) is 13.2 Å². The highest BCUT2D eigenvalue weighted by molar-refractivity contribution is 7.22. The molecule has 0 spiro atoms. The van der Waals surface area contributed by atoms with Gasteiger partial charge in [0.25, 0.3) is 0 Å². The van der Waals surface area contributed by atoms with E-state index in [-0.39, 0.29) is 29.9 Å². The maximum atomic E-state index is 13.1. The van der Waals surface area contributed by atoms with E-state index in [2.05, 4.69) is 14.8 Å². The number of benzene rings is 2. The van der Waals surface area contributed by atoms with Gasteiger partial charge in [-0.2, -0.15) is 0 Å². The van der Waals surface area contributed by atoms with E-state index in [1.165, 1.54) is 12.1 Å². The highest BCUT2D eigenvalue weighted by atomic mass is 32.1. The molecule has 2 bridgehead atoms. The van der Waals surface area contributed by atoms with E-state index in [9.17, 15) is 18.3 Å². The smallest absolute Gasteiger partial charge is 0.405 e. The molecule has 2 aliphatic heterocycles. The maximum Gasteiger partial charge on any atom is 0.573 e. The molecule has 2 aromatic carbocycles. The summed E-state index contributed by atoms with van der Waals surface area (Å²) in [4.78, 5) is 7.38. The maximum absolute atomic E-state index is 13.1. The number of halogens is 3. The highest BCUT2D eigenvalue weighted by Gasteiger charge is 2.43. The molecule has 1 saturated carbocycles. The van der Waals surface area contributed by atoms with Crippen molar-refractivity contribution in [2.45, 2.75) is 95.0 Å². The fourth-order valence-corrected chi connectivity index (χ4v) is 7.54. The molecule has 1 aliphatic carbocycles. The molecule has 11 heteroatoms. The Labute approximate surface area is 245 Å². The number of nitrogens with zero attached hydrogens (tertiary/aromatic N) is 3. The Morgan fingerprint density at radius 3 is 2.48 bits per heavy atom. The zero-order valence-corrected chi connectivity index (χ0v) is 24.2. The number of fused-ring (bicyclic) bond motifs is 3. The number of ether oxygens (including phenoxy) is 2. The summed E-state index contributed by atoms with van der Waals surface area (Å²) in [5.74, 6) is 0.611. The van der Waals surface area contributed by atoms with Crippen LogP contribution in [0.15, 0.2) is 47.0 Å². The Bertz CT molecular complexity index is 1590. The molecule has 0 amide bonds. The monoisotopic (exact) mass is 599 g/mol. The Hall–Kier alpha value is -3.15. The third-order valence-corrected chi connectivity index (χ3v) is 9.62. The molecule has 4 aromatic rings. The van der Waals surface area contributed by atoms with E-state index in [1.807, 2.05) is 18.2 Å². The molecule has 7 nitrogen and oxygen atoms in total. The molecule has 1 N–H and O–H groups in total. The summed E-state index contributed by atoms with van der Waals surface area (Å²) in [6, 6.07) is 12.6. The van der Waals surface area contributed by atoms with Crippen molar-refractivity contribution in [1.29, 1.82) is 0 Å². The van der Waals surface area contributed by atoms with Crippen LogP contribution in [-0.2, 0) is 16.9 Å². The lowest BCUT2D eigenvalue weighted by Gasteiger charge is -2.38. The molecule has 2 aromatic heterocycles. The molecule has 4 heterocycles. The number of aromatic nitrogens is 2. The second-order valence-corrected chi connectivity index (χ2v) is 13.1. The largest absolute Gasteiger partial charge is 0.573 e. The first-order valence-electron chi connectivity index (χ1n) is 14.4. The average molecular weight is 600 g/mol. The van der Waals surface area contributed by atoms with Crippen molar-refractivity contribution in [3.05, 3.63) is 59.4 Å². The number of hydrogen-bond donors (Lipinski definition) is 1. The zero-order valence-electron chi connectivity index (χ0n) is 23.4. The van der Waals surface area contributed by atoms with Gasteiger partial charge in [0.15, 0.2) is 5.13 Å². The number of piperidine rings is 1. The van der Waals surface area contributed by atoms with Crippen molar-refractivity contribution in [2.24, 2.45) is 0 Å². The van der Waals surface area contributed by atoms with Gasteiger partial charge >= 0.3 is 6.36 Å². The average Bonchev–Trinajstić information content (AvgIpc) is 3.44. The molecule has 3 aliphatic rings. The molecule has 3 atom stereocenters. The zero-order chi connectivity index (χ0) is 29.2. The van der Waals surface area contributed by atoms with Crippen LogP contribution in [0.2, 0.25) is 0 Å². The number of hydrogen-bond acceptors (Lipinski definition) is 8. The van der Waals surface area contributed by atoms with Crippen LogP contribution >= 0.6 is 11.3 Å². The normalized spacial score (nSPS) is 22.7. The van der Waals surface area contributed by atoms with Crippen molar-refractivity contribution in [3.8, 4) is 17.0 Å². The van der Waals surface area contributed by atoms with Gasteiger partial charge in [-0.05, 0) is 82.2 Å². The second kappa shape index (κ2) is 10.2. The molecule has 2 saturated heterocycles. The summed E-state index contributed by atoms with van der Waals surface area (Å²) in [7, 11) is 0. The number of thiazole rings is 1.